The Bertz CT molecular complexity index is 790. The zero-order valence-corrected chi connectivity index (χ0v) is 15.6. The third-order valence-electron chi connectivity index (χ3n) is 5.16. The number of carbonyl (C=O) groups is 1. The fourth-order valence-corrected chi connectivity index (χ4v) is 3.64. The van der Waals surface area contributed by atoms with Gasteiger partial charge in [0.05, 0.1) is 0 Å². The van der Waals surface area contributed by atoms with Crippen molar-refractivity contribution in [3.8, 4) is 5.75 Å². The number of benzene rings is 2. The van der Waals surface area contributed by atoms with Crippen molar-refractivity contribution in [1.29, 1.82) is 0 Å². The Morgan fingerprint density at radius 2 is 1.81 bits per heavy atom. The van der Waals surface area contributed by atoms with Crippen LogP contribution in [0.25, 0.3) is 6.08 Å². The average molecular weight is 362 g/mol. The smallest absolute Gasteiger partial charge is 0.328 e. The first-order chi connectivity index (χ1) is 13.1. The fraction of sp³-hybridized carbons (Fsp3) is 0.292. The highest BCUT2D eigenvalue weighted by Crippen LogP contribution is 2.42. The molecular formula is C24H26O3. The first-order valence-corrected chi connectivity index (χ1v) is 9.46. The molecular weight excluding hydrogens is 336 g/mol. The van der Waals surface area contributed by atoms with Gasteiger partial charge >= 0.3 is 5.97 Å². The van der Waals surface area contributed by atoms with E-state index in [2.05, 4.69) is 19.1 Å². The SMILES string of the molecule is CC1CC2C=CC1C2.O=C(O)C=Cc1ccc(OCc2ccccc2)cc1. The second-order valence-electron chi connectivity index (χ2n) is 7.27. The zero-order chi connectivity index (χ0) is 19.1. The van der Waals surface area contributed by atoms with E-state index in [9.17, 15) is 4.79 Å². The molecule has 2 aliphatic carbocycles. The van der Waals surface area contributed by atoms with E-state index in [1.165, 1.54) is 12.8 Å². The number of carboxylic acids is 1. The second-order valence-corrected chi connectivity index (χ2v) is 7.27. The molecule has 2 aromatic carbocycles. The minimum Gasteiger partial charge on any atom is -0.489 e. The standard InChI is InChI=1S/C16H14O3.C8H12/c17-16(18)11-8-13-6-9-15(10-7-13)19-12-14-4-2-1-3-5-14;1-6-4-7-2-3-8(6)5-7/h1-11H,12H2,(H,17,18);2-3,6-8H,4-5H2,1H3. The van der Waals surface area contributed by atoms with Crippen LogP contribution in [0.4, 0.5) is 0 Å². The van der Waals surface area contributed by atoms with Crippen LogP contribution in [0.2, 0.25) is 0 Å². The van der Waals surface area contributed by atoms with E-state index in [-0.39, 0.29) is 0 Å². The Kier molecular flexibility index (Phi) is 6.48. The number of rotatable bonds is 5. The highest BCUT2D eigenvalue weighted by Gasteiger charge is 2.32. The van der Waals surface area contributed by atoms with E-state index in [4.69, 9.17) is 9.84 Å². The average Bonchev–Trinajstić information content (AvgIpc) is 3.29. The summed E-state index contributed by atoms with van der Waals surface area (Å²) < 4.78 is 5.63. The summed E-state index contributed by atoms with van der Waals surface area (Å²) in [6.07, 6.45) is 10.4. The molecule has 0 spiro atoms. The highest BCUT2D eigenvalue weighted by molar-refractivity contribution is 5.85. The van der Waals surface area contributed by atoms with Crippen molar-refractivity contribution in [2.45, 2.75) is 26.4 Å². The van der Waals surface area contributed by atoms with E-state index >= 15 is 0 Å². The molecule has 4 rings (SSSR count). The first-order valence-electron chi connectivity index (χ1n) is 9.46. The topological polar surface area (TPSA) is 46.5 Å². The van der Waals surface area contributed by atoms with Gasteiger partial charge in [-0.05, 0) is 59.9 Å². The second kappa shape index (κ2) is 9.22. The summed E-state index contributed by atoms with van der Waals surface area (Å²) in [4.78, 5) is 10.4. The number of carboxylic acid groups (broad SMARTS) is 1. The zero-order valence-electron chi connectivity index (χ0n) is 15.6. The van der Waals surface area contributed by atoms with Gasteiger partial charge in [0.15, 0.2) is 0 Å². The lowest BCUT2D eigenvalue weighted by Gasteiger charge is -2.09. The maximum absolute atomic E-state index is 10.4. The molecule has 3 unspecified atom stereocenters. The van der Waals surface area contributed by atoms with E-state index in [0.29, 0.717) is 6.61 Å². The maximum Gasteiger partial charge on any atom is 0.328 e. The number of fused-ring (bicyclic) bond motifs is 2. The predicted molar refractivity (Wildman–Crippen MR) is 108 cm³/mol. The molecule has 2 aliphatic rings. The molecule has 0 aliphatic heterocycles. The Hall–Kier alpha value is -2.81. The number of aliphatic carboxylic acids is 1. The molecule has 27 heavy (non-hydrogen) atoms. The van der Waals surface area contributed by atoms with Crippen LogP contribution in [0, 0.1) is 17.8 Å². The molecule has 0 amide bonds. The summed E-state index contributed by atoms with van der Waals surface area (Å²) in [6.45, 7) is 2.89. The van der Waals surface area contributed by atoms with Crippen molar-refractivity contribution in [2.24, 2.45) is 17.8 Å². The number of hydrogen-bond donors (Lipinski definition) is 1. The summed E-state index contributed by atoms with van der Waals surface area (Å²) >= 11 is 0. The van der Waals surface area contributed by atoms with Crippen molar-refractivity contribution >= 4 is 12.0 Å². The molecule has 1 N–H and O–H groups in total. The minimum absolute atomic E-state index is 0.519. The lowest BCUT2D eigenvalue weighted by atomic mass is 9.96. The monoisotopic (exact) mass is 362 g/mol. The third-order valence-corrected chi connectivity index (χ3v) is 5.16. The summed E-state index contributed by atoms with van der Waals surface area (Å²) in [5.74, 6) is 2.72. The highest BCUT2D eigenvalue weighted by atomic mass is 16.5. The maximum atomic E-state index is 10.4. The predicted octanol–water partition coefficient (Wildman–Crippen LogP) is 5.58. The molecule has 140 valence electrons. The van der Waals surface area contributed by atoms with E-state index < -0.39 is 5.97 Å². The van der Waals surface area contributed by atoms with Crippen LogP contribution in [0.1, 0.15) is 30.9 Å². The Labute approximate surface area is 161 Å². The van der Waals surface area contributed by atoms with Gasteiger partial charge in [0.1, 0.15) is 12.4 Å². The number of ether oxygens (including phenoxy) is 1. The molecule has 2 aromatic rings. The van der Waals surface area contributed by atoms with E-state index in [0.717, 1.165) is 40.7 Å². The molecule has 2 bridgehead atoms. The molecule has 3 heteroatoms. The number of allylic oxidation sites excluding steroid dienone is 2. The molecule has 0 aromatic heterocycles. The lowest BCUT2D eigenvalue weighted by Crippen LogP contribution is -1.99. The van der Waals surface area contributed by atoms with Gasteiger partial charge in [-0.3, -0.25) is 0 Å². The van der Waals surface area contributed by atoms with Gasteiger partial charge in [0, 0.05) is 6.08 Å². The van der Waals surface area contributed by atoms with Crippen LogP contribution in [0.3, 0.4) is 0 Å². The van der Waals surface area contributed by atoms with Gasteiger partial charge in [-0.1, -0.05) is 61.5 Å². The summed E-state index contributed by atoms with van der Waals surface area (Å²) in [5.41, 5.74) is 1.94. The molecule has 1 saturated carbocycles. The van der Waals surface area contributed by atoms with Crippen LogP contribution >= 0.6 is 0 Å². The van der Waals surface area contributed by atoms with Crippen LogP contribution in [-0.4, -0.2) is 11.1 Å². The lowest BCUT2D eigenvalue weighted by molar-refractivity contribution is -0.131. The van der Waals surface area contributed by atoms with Gasteiger partial charge in [0.25, 0.3) is 0 Å². The van der Waals surface area contributed by atoms with Crippen molar-refractivity contribution in [3.05, 3.63) is 84.0 Å². The Morgan fingerprint density at radius 1 is 1.07 bits per heavy atom. The molecule has 3 nitrogen and oxygen atoms in total. The number of hydrogen-bond acceptors (Lipinski definition) is 2. The molecule has 0 saturated heterocycles. The summed E-state index contributed by atoms with van der Waals surface area (Å²) in [6, 6.07) is 17.2. The third kappa shape index (κ3) is 5.85. The minimum atomic E-state index is -0.954. The summed E-state index contributed by atoms with van der Waals surface area (Å²) in [7, 11) is 0. The molecule has 0 heterocycles. The van der Waals surface area contributed by atoms with E-state index in [1.54, 1.807) is 6.08 Å². The Morgan fingerprint density at radius 3 is 2.33 bits per heavy atom. The largest absolute Gasteiger partial charge is 0.489 e. The Balaban J connectivity index is 0.000000216. The molecule has 3 atom stereocenters. The van der Waals surface area contributed by atoms with Gasteiger partial charge in [-0.15, -0.1) is 0 Å². The quantitative estimate of drug-likeness (QED) is 0.558. The summed E-state index contributed by atoms with van der Waals surface area (Å²) in [5, 5.41) is 8.53. The van der Waals surface area contributed by atoms with Gasteiger partial charge < -0.3 is 9.84 Å². The van der Waals surface area contributed by atoms with Crippen LogP contribution in [0.15, 0.2) is 72.8 Å². The van der Waals surface area contributed by atoms with Crippen molar-refractivity contribution in [2.75, 3.05) is 0 Å². The van der Waals surface area contributed by atoms with Crippen molar-refractivity contribution < 1.29 is 14.6 Å². The first kappa shape index (κ1) is 19.0. The van der Waals surface area contributed by atoms with Crippen LogP contribution in [-0.2, 0) is 11.4 Å². The van der Waals surface area contributed by atoms with Crippen LogP contribution < -0.4 is 4.74 Å². The van der Waals surface area contributed by atoms with Crippen LogP contribution in [0.5, 0.6) is 5.75 Å². The molecule has 0 radical (unpaired) electrons. The normalized spacial score (nSPS) is 22.5. The molecule has 1 fully saturated rings. The van der Waals surface area contributed by atoms with Crippen molar-refractivity contribution in [3.63, 3.8) is 0 Å². The fourth-order valence-electron chi connectivity index (χ4n) is 3.64. The van der Waals surface area contributed by atoms with E-state index in [1.807, 2.05) is 54.6 Å². The van der Waals surface area contributed by atoms with Gasteiger partial charge in [0.2, 0.25) is 0 Å². The van der Waals surface area contributed by atoms with Crippen molar-refractivity contribution in [1.82, 2.24) is 0 Å². The van der Waals surface area contributed by atoms with Gasteiger partial charge in [-0.2, -0.15) is 0 Å². The van der Waals surface area contributed by atoms with Gasteiger partial charge in [-0.25, -0.2) is 4.79 Å².